The molecule has 2 heteroatoms. The molecule has 0 aliphatic heterocycles. The van der Waals surface area contributed by atoms with Gasteiger partial charge in [-0.3, -0.25) is 0 Å². The Bertz CT molecular complexity index is 1650. The minimum Gasteiger partial charge on any atom is -0.310 e. The van der Waals surface area contributed by atoms with E-state index in [1.165, 1.54) is 33.6 Å². The van der Waals surface area contributed by atoms with Gasteiger partial charge in [-0.05, 0) is 107 Å². The number of rotatable bonds is 9. The molecule has 0 aromatic heterocycles. The van der Waals surface area contributed by atoms with Gasteiger partial charge in [-0.1, -0.05) is 113 Å². The molecule has 0 spiro atoms. The summed E-state index contributed by atoms with van der Waals surface area (Å²) in [5, 5.41) is 0. The van der Waals surface area contributed by atoms with Crippen molar-refractivity contribution in [1.29, 1.82) is 0 Å². The highest BCUT2D eigenvalue weighted by atomic mass is 15.1. The zero-order valence-electron chi connectivity index (χ0n) is 26.1. The molecule has 0 fully saturated rings. The van der Waals surface area contributed by atoms with Gasteiger partial charge in [0.1, 0.15) is 0 Å². The molecule has 0 atom stereocenters. The molecule has 0 N–H and O–H groups in total. The third-order valence-corrected chi connectivity index (χ3v) is 8.20. The average Bonchev–Trinajstić information content (AvgIpc) is 3.07. The van der Waals surface area contributed by atoms with Gasteiger partial charge in [-0.25, -0.2) is 0 Å². The van der Waals surface area contributed by atoms with Crippen LogP contribution in [0.25, 0.3) is 11.1 Å². The second kappa shape index (κ2) is 13.1. The molecular weight excluding hydrogens is 532 g/mol. The summed E-state index contributed by atoms with van der Waals surface area (Å²) in [7, 11) is 0. The lowest BCUT2D eigenvalue weighted by Gasteiger charge is -2.27. The van der Waals surface area contributed by atoms with E-state index < -0.39 is 0 Å². The van der Waals surface area contributed by atoms with E-state index in [4.69, 9.17) is 0 Å². The minimum atomic E-state index is 0.467. The van der Waals surface area contributed by atoms with E-state index in [-0.39, 0.29) is 0 Å². The van der Waals surface area contributed by atoms with E-state index in [0.29, 0.717) is 11.8 Å². The van der Waals surface area contributed by atoms with Crippen LogP contribution in [0.4, 0.5) is 34.1 Å². The van der Waals surface area contributed by atoms with Crippen molar-refractivity contribution in [3.63, 3.8) is 0 Å². The first-order valence-electron chi connectivity index (χ1n) is 15.6. The normalized spacial score (nSPS) is 11.1. The Hall–Kier alpha value is -5.08. The molecule has 44 heavy (non-hydrogen) atoms. The minimum absolute atomic E-state index is 0.467. The predicted molar refractivity (Wildman–Crippen MR) is 189 cm³/mol. The van der Waals surface area contributed by atoms with Gasteiger partial charge in [0.15, 0.2) is 0 Å². The van der Waals surface area contributed by atoms with Crippen LogP contribution in [-0.2, 0) is 0 Å². The van der Waals surface area contributed by atoms with Crippen molar-refractivity contribution < 1.29 is 0 Å². The number of nitrogens with zero attached hydrogens (tertiary/aromatic N) is 2. The van der Waals surface area contributed by atoms with Gasteiger partial charge in [0.05, 0.1) is 0 Å². The van der Waals surface area contributed by atoms with Crippen molar-refractivity contribution in [2.75, 3.05) is 9.80 Å². The van der Waals surface area contributed by atoms with Crippen LogP contribution in [0.1, 0.15) is 50.7 Å². The Morgan fingerprint density at radius 1 is 0.318 bits per heavy atom. The molecule has 0 bridgehead atoms. The van der Waals surface area contributed by atoms with Gasteiger partial charge in [-0.2, -0.15) is 0 Å². The Kier molecular flexibility index (Phi) is 8.61. The summed E-state index contributed by atoms with van der Waals surface area (Å²) in [6.45, 7) is 8.98. The second-order valence-electron chi connectivity index (χ2n) is 11.9. The van der Waals surface area contributed by atoms with Gasteiger partial charge in [0.2, 0.25) is 0 Å². The smallest absolute Gasteiger partial charge is 0.0464 e. The largest absolute Gasteiger partial charge is 0.310 e. The first-order valence-corrected chi connectivity index (χ1v) is 15.6. The maximum atomic E-state index is 2.34. The lowest BCUT2D eigenvalue weighted by Crippen LogP contribution is -2.10. The van der Waals surface area contributed by atoms with Crippen LogP contribution in [0, 0.1) is 0 Å². The quantitative estimate of drug-likeness (QED) is 0.170. The molecule has 2 nitrogen and oxygen atoms in total. The van der Waals surface area contributed by atoms with Crippen LogP contribution in [-0.4, -0.2) is 0 Å². The highest BCUT2D eigenvalue weighted by Crippen LogP contribution is 2.39. The third-order valence-electron chi connectivity index (χ3n) is 8.20. The first-order chi connectivity index (χ1) is 21.5. The molecule has 0 radical (unpaired) electrons. The molecule has 6 aromatic carbocycles. The monoisotopic (exact) mass is 572 g/mol. The van der Waals surface area contributed by atoms with Gasteiger partial charge in [-0.15, -0.1) is 0 Å². The lowest BCUT2D eigenvalue weighted by molar-refractivity contribution is 0.866. The Morgan fingerprint density at radius 3 is 0.977 bits per heavy atom. The van der Waals surface area contributed by atoms with Crippen LogP contribution in [0.3, 0.4) is 0 Å². The summed E-state index contributed by atoms with van der Waals surface area (Å²) in [5.41, 5.74) is 12.0. The maximum absolute atomic E-state index is 2.34. The molecule has 6 aromatic rings. The van der Waals surface area contributed by atoms with Gasteiger partial charge in [0, 0.05) is 34.1 Å². The number of anilines is 6. The number of benzene rings is 6. The average molecular weight is 573 g/mol. The highest BCUT2D eigenvalue weighted by molar-refractivity contribution is 5.81. The van der Waals surface area contributed by atoms with E-state index >= 15 is 0 Å². The molecule has 0 saturated heterocycles. The molecule has 6 rings (SSSR count). The van der Waals surface area contributed by atoms with Crippen molar-refractivity contribution in [3.8, 4) is 11.1 Å². The predicted octanol–water partition coefficient (Wildman–Crippen LogP) is 12.5. The first kappa shape index (κ1) is 29.0. The third kappa shape index (κ3) is 6.31. The molecule has 0 unspecified atom stereocenters. The summed E-state index contributed by atoms with van der Waals surface area (Å²) in [6, 6.07) is 56.8. The Labute approximate surface area is 262 Å². The summed E-state index contributed by atoms with van der Waals surface area (Å²) in [6.07, 6.45) is 0. The SMILES string of the molecule is CC(C)c1cccc(N(c2ccccc2)c2ccc(-c3ccc(N(c4ccccc4)c4cccc(C(C)C)c4)cc3)cc2)c1. The zero-order chi connectivity index (χ0) is 30.5. The summed E-state index contributed by atoms with van der Waals surface area (Å²) >= 11 is 0. The van der Waals surface area contributed by atoms with E-state index in [9.17, 15) is 0 Å². The van der Waals surface area contributed by atoms with Crippen LogP contribution < -0.4 is 9.80 Å². The molecule has 0 amide bonds. The molecule has 0 saturated carbocycles. The maximum Gasteiger partial charge on any atom is 0.0464 e. The van der Waals surface area contributed by atoms with Crippen LogP contribution in [0.2, 0.25) is 0 Å². The summed E-state index contributed by atoms with van der Waals surface area (Å²) < 4.78 is 0. The summed E-state index contributed by atoms with van der Waals surface area (Å²) in [4.78, 5) is 4.67. The fourth-order valence-electron chi connectivity index (χ4n) is 5.70. The van der Waals surface area contributed by atoms with E-state index in [0.717, 1.165) is 22.7 Å². The standard InChI is InChI=1S/C42H40N2/c1-31(2)35-13-11-19-41(29-35)43(37-15-7-5-8-16-37)39-25-21-33(22-26-39)34-23-27-40(28-24-34)44(38-17-9-6-10-18-38)42-20-12-14-36(30-42)32(3)4/h5-32H,1-4H3. The molecule has 0 heterocycles. The van der Waals surface area contributed by atoms with Gasteiger partial charge in [0.25, 0.3) is 0 Å². The van der Waals surface area contributed by atoms with Gasteiger partial charge >= 0.3 is 0 Å². The number of para-hydroxylation sites is 2. The van der Waals surface area contributed by atoms with Crippen molar-refractivity contribution in [3.05, 3.63) is 169 Å². The highest BCUT2D eigenvalue weighted by Gasteiger charge is 2.16. The van der Waals surface area contributed by atoms with E-state index in [1.807, 2.05) is 0 Å². The molecule has 0 aliphatic carbocycles. The van der Waals surface area contributed by atoms with Crippen LogP contribution in [0.5, 0.6) is 0 Å². The molecule has 218 valence electrons. The fraction of sp³-hybridized carbons (Fsp3) is 0.143. The van der Waals surface area contributed by atoms with Crippen molar-refractivity contribution in [1.82, 2.24) is 0 Å². The molecular formula is C42H40N2. The molecule has 0 aliphatic rings. The van der Waals surface area contributed by atoms with Crippen LogP contribution in [0.15, 0.2) is 158 Å². The fourth-order valence-corrected chi connectivity index (χ4v) is 5.70. The Morgan fingerprint density at radius 2 is 0.636 bits per heavy atom. The van der Waals surface area contributed by atoms with Crippen molar-refractivity contribution >= 4 is 34.1 Å². The Balaban J connectivity index is 1.32. The summed E-state index contributed by atoms with van der Waals surface area (Å²) in [5.74, 6) is 0.935. The number of hydrogen-bond donors (Lipinski definition) is 0. The van der Waals surface area contributed by atoms with Crippen molar-refractivity contribution in [2.24, 2.45) is 0 Å². The topological polar surface area (TPSA) is 6.48 Å². The van der Waals surface area contributed by atoms with Gasteiger partial charge < -0.3 is 9.80 Å². The number of hydrogen-bond acceptors (Lipinski definition) is 2. The zero-order valence-corrected chi connectivity index (χ0v) is 26.1. The van der Waals surface area contributed by atoms with Crippen molar-refractivity contribution in [2.45, 2.75) is 39.5 Å². The van der Waals surface area contributed by atoms with E-state index in [1.54, 1.807) is 0 Å². The lowest BCUT2D eigenvalue weighted by atomic mass is 10.0. The van der Waals surface area contributed by atoms with Crippen LogP contribution >= 0.6 is 0 Å². The second-order valence-corrected chi connectivity index (χ2v) is 11.9. The van der Waals surface area contributed by atoms with E-state index in [2.05, 4.69) is 195 Å².